The summed E-state index contributed by atoms with van der Waals surface area (Å²) < 4.78 is 12.4. The summed E-state index contributed by atoms with van der Waals surface area (Å²) in [5, 5.41) is 0. The van der Waals surface area contributed by atoms with Crippen molar-refractivity contribution in [2.24, 2.45) is 5.73 Å². The highest BCUT2D eigenvalue weighted by molar-refractivity contribution is 9.10. The molecule has 142 valence electrons. The molecule has 0 aromatic heterocycles. The highest BCUT2D eigenvalue weighted by Crippen LogP contribution is 2.25. The number of hydrogen-bond donors (Lipinski definition) is 1. The van der Waals surface area contributed by atoms with Crippen LogP contribution in [-0.4, -0.2) is 49.8 Å². The molecule has 0 unspecified atom stereocenters. The third kappa shape index (κ3) is 7.52. The molecule has 0 bridgehead atoms. The number of ether oxygens (including phenoxy) is 2. The molecule has 5 nitrogen and oxygen atoms in total. The third-order valence-corrected chi connectivity index (χ3v) is 4.78. The third-order valence-electron chi connectivity index (χ3n) is 4.16. The summed E-state index contributed by atoms with van der Waals surface area (Å²) in [6.07, 6.45) is 3.37. The average molecular weight is 436 g/mol. The van der Waals surface area contributed by atoms with E-state index in [1.165, 1.54) is 5.56 Å². The molecule has 1 aromatic carbocycles. The summed E-state index contributed by atoms with van der Waals surface area (Å²) in [4.78, 5) is 14.2. The molecule has 2 N–H and O–H groups in total. The molecule has 0 spiro atoms. The van der Waals surface area contributed by atoms with Crippen LogP contribution in [-0.2, 0) is 9.53 Å². The van der Waals surface area contributed by atoms with Crippen molar-refractivity contribution in [3.8, 4) is 5.75 Å². The van der Waals surface area contributed by atoms with Crippen molar-refractivity contribution in [2.75, 3.05) is 32.8 Å². The summed E-state index contributed by atoms with van der Waals surface area (Å²) in [7, 11) is 0. The van der Waals surface area contributed by atoms with Gasteiger partial charge in [0, 0.05) is 19.7 Å². The maximum Gasteiger partial charge on any atom is 0.226 e. The molecular weight excluding hydrogens is 408 g/mol. The van der Waals surface area contributed by atoms with Gasteiger partial charge in [0.25, 0.3) is 0 Å². The van der Waals surface area contributed by atoms with Crippen LogP contribution in [0.25, 0.3) is 0 Å². The van der Waals surface area contributed by atoms with Crippen LogP contribution in [0.1, 0.15) is 31.2 Å². The van der Waals surface area contributed by atoms with Crippen LogP contribution in [0.5, 0.6) is 5.75 Å². The normalized spacial score (nSPS) is 14.9. The van der Waals surface area contributed by atoms with Crippen molar-refractivity contribution in [3.05, 3.63) is 28.2 Å². The Hall–Kier alpha value is -0.820. The van der Waals surface area contributed by atoms with Crippen LogP contribution in [0.2, 0.25) is 0 Å². The molecule has 0 atom stereocenters. The Labute approximate surface area is 164 Å². The van der Waals surface area contributed by atoms with E-state index >= 15 is 0 Å². The number of amides is 1. The molecule has 1 heterocycles. The van der Waals surface area contributed by atoms with Gasteiger partial charge < -0.3 is 20.1 Å². The fourth-order valence-corrected chi connectivity index (χ4v) is 3.34. The van der Waals surface area contributed by atoms with Gasteiger partial charge in [-0.15, -0.1) is 12.4 Å². The van der Waals surface area contributed by atoms with Gasteiger partial charge in [-0.05, 0) is 66.4 Å². The van der Waals surface area contributed by atoms with E-state index in [-0.39, 0.29) is 24.4 Å². The number of likely N-dealkylation sites (tertiary alicyclic amines) is 1. The van der Waals surface area contributed by atoms with E-state index in [1.807, 2.05) is 30.0 Å². The summed E-state index contributed by atoms with van der Waals surface area (Å²) >= 11 is 3.48. The minimum atomic E-state index is 0. The predicted molar refractivity (Wildman–Crippen MR) is 105 cm³/mol. The number of rotatable bonds is 8. The molecule has 0 saturated carbocycles. The maximum absolute atomic E-state index is 12.3. The minimum absolute atomic E-state index is 0. The van der Waals surface area contributed by atoms with Crippen molar-refractivity contribution in [2.45, 2.75) is 38.7 Å². The second kappa shape index (κ2) is 11.7. The fraction of sp³-hybridized carbons (Fsp3) is 0.611. The lowest BCUT2D eigenvalue weighted by atomic mass is 10.1. The predicted octanol–water partition coefficient (Wildman–Crippen LogP) is 3.30. The molecule has 25 heavy (non-hydrogen) atoms. The minimum Gasteiger partial charge on any atom is -0.492 e. The van der Waals surface area contributed by atoms with E-state index in [0.29, 0.717) is 26.2 Å². The number of piperidine rings is 1. The number of carbonyl (C=O) groups excluding carboxylic acids is 1. The van der Waals surface area contributed by atoms with E-state index in [0.717, 1.165) is 42.6 Å². The first-order valence-corrected chi connectivity index (χ1v) is 9.38. The summed E-state index contributed by atoms with van der Waals surface area (Å²) in [6, 6.07) is 5.93. The summed E-state index contributed by atoms with van der Waals surface area (Å²) in [6.45, 7) is 5.33. The lowest BCUT2D eigenvalue weighted by molar-refractivity contribution is -0.134. The molecule has 1 aliphatic rings. The molecule has 1 aliphatic heterocycles. The zero-order valence-electron chi connectivity index (χ0n) is 14.7. The van der Waals surface area contributed by atoms with Crippen LogP contribution in [0, 0.1) is 6.92 Å². The molecule has 1 aromatic rings. The Balaban J connectivity index is 0.00000312. The van der Waals surface area contributed by atoms with Gasteiger partial charge in [-0.3, -0.25) is 4.79 Å². The molecule has 2 rings (SSSR count). The number of halogens is 2. The van der Waals surface area contributed by atoms with Gasteiger partial charge in [0.2, 0.25) is 5.91 Å². The van der Waals surface area contributed by atoms with E-state index < -0.39 is 0 Å². The number of nitrogens with zero attached hydrogens (tertiary/aromatic N) is 1. The first-order valence-electron chi connectivity index (χ1n) is 8.58. The average Bonchev–Trinajstić information content (AvgIpc) is 2.57. The number of benzene rings is 1. The Morgan fingerprint density at radius 1 is 1.32 bits per heavy atom. The van der Waals surface area contributed by atoms with Gasteiger partial charge in [0.1, 0.15) is 5.75 Å². The standard InChI is InChI=1S/C18H27BrN2O3.ClH/c1-14-3-4-17(16(19)13-14)24-12-7-18(22)21-9-5-15(6-10-21)23-11-2-8-20;/h3-4,13,15H,2,5-12,20H2,1H3;1H. The zero-order valence-corrected chi connectivity index (χ0v) is 17.1. The highest BCUT2D eigenvalue weighted by atomic mass is 79.9. The highest BCUT2D eigenvalue weighted by Gasteiger charge is 2.22. The van der Waals surface area contributed by atoms with Gasteiger partial charge >= 0.3 is 0 Å². The van der Waals surface area contributed by atoms with Crippen LogP contribution in [0.3, 0.4) is 0 Å². The maximum atomic E-state index is 12.3. The lowest BCUT2D eigenvalue weighted by Gasteiger charge is -2.32. The molecule has 1 amide bonds. The van der Waals surface area contributed by atoms with Crippen LogP contribution in [0.4, 0.5) is 0 Å². The first kappa shape index (κ1) is 22.2. The van der Waals surface area contributed by atoms with Crippen LogP contribution >= 0.6 is 28.3 Å². The largest absolute Gasteiger partial charge is 0.492 e. The number of carbonyl (C=O) groups is 1. The van der Waals surface area contributed by atoms with Crippen molar-refractivity contribution in [1.29, 1.82) is 0 Å². The lowest BCUT2D eigenvalue weighted by Crippen LogP contribution is -2.41. The van der Waals surface area contributed by atoms with Crippen LogP contribution in [0.15, 0.2) is 22.7 Å². The van der Waals surface area contributed by atoms with Crippen molar-refractivity contribution in [1.82, 2.24) is 4.90 Å². The fourth-order valence-electron chi connectivity index (χ4n) is 2.73. The van der Waals surface area contributed by atoms with Crippen molar-refractivity contribution >= 4 is 34.2 Å². The molecular formula is C18H28BrClN2O3. The summed E-state index contributed by atoms with van der Waals surface area (Å²) in [5.41, 5.74) is 6.63. The second-order valence-electron chi connectivity index (χ2n) is 6.13. The number of aryl methyl sites for hydroxylation is 1. The van der Waals surface area contributed by atoms with E-state index in [4.69, 9.17) is 15.2 Å². The Kier molecular flexibility index (Phi) is 10.4. The molecule has 1 saturated heterocycles. The van der Waals surface area contributed by atoms with E-state index in [2.05, 4.69) is 15.9 Å². The van der Waals surface area contributed by atoms with Gasteiger partial charge in [-0.25, -0.2) is 0 Å². The Morgan fingerprint density at radius 3 is 2.68 bits per heavy atom. The van der Waals surface area contributed by atoms with E-state index in [9.17, 15) is 4.79 Å². The van der Waals surface area contributed by atoms with Gasteiger partial charge in [-0.1, -0.05) is 6.07 Å². The second-order valence-corrected chi connectivity index (χ2v) is 6.98. The van der Waals surface area contributed by atoms with Crippen LogP contribution < -0.4 is 10.5 Å². The van der Waals surface area contributed by atoms with Gasteiger partial charge in [0.05, 0.1) is 23.6 Å². The molecule has 7 heteroatoms. The molecule has 1 fully saturated rings. The van der Waals surface area contributed by atoms with Crippen molar-refractivity contribution in [3.63, 3.8) is 0 Å². The quantitative estimate of drug-likeness (QED) is 0.636. The Bertz CT molecular complexity index is 537. The molecule has 0 radical (unpaired) electrons. The Morgan fingerprint density at radius 2 is 2.04 bits per heavy atom. The topological polar surface area (TPSA) is 64.8 Å². The smallest absolute Gasteiger partial charge is 0.226 e. The van der Waals surface area contributed by atoms with E-state index in [1.54, 1.807) is 0 Å². The van der Waals surface area contributed by atoms with Gasteiger partial charge in [-0.2, -0.15) is 0 Å². The zero-order chi connectivity index (χ0) is 17.4. The van der Waals surface area contributed by atoms with Gasteiger partial charge in [0.15, 0.2) is 0 Å². The first-order chi connectivity index (χ1) is 11.6. The number of hydrogen-bond acceptors (Lipinski definition) is 4. The number of nitrogens with two attached hydrogens (primary N) is 1. The SMILES string of the molecule is Cc1ccc(OCCC(=O)N2CCC(OCCCN)CC2)c(Br)c1.Cl. The van der Waals surface area contributed by atoms with Crippen molar-refractivity contribution < 1.29 is 14.3 Å². The summed E-state index contributed by atoms with van der Waals surface area (Å²) in [5.74, 6) is 0.930. The molecule has 0 aliphatic carbocycles. The monoisotopic (exact) mass is 434 g/mol.